The summed E-state index contributed by atoms with van der Waals surface area (Å²) in [4.78, 5) is 31.3. The fraction of sp³-hybridized carbons (Fsp3) is 0.333. The molecule has 6 rings (SSSR count). The molecule has 5 heterocycles. The SMILES string of the molecule is CC(C)n1c(Cl)cc(=O)n(Cc2cc3nccc(-c4cc(Cl)cc5ccn(CC6(C#N)CCNCC6)c45)c3s2)c1=O. The summed E-state index contributed by atoms with van der Waals surface area (Å²) in [5.41, 5.74) is 2.37. The number of hydrogen-bond acceptors (Lipinski definition) is 6. The van der Waals surface area contributed by atoms with Crippen LogP contribution in [0, 0.1) is 16.7 Å². The van der Waals surface area contributed by atoms with Crippen LogP contribution in [0.2, 0.25) is 10.2 Å². The van der Waals surface area contributed by atoms with Crippen molar-refractivity contribution in [1.29, 1.82) is 5.26 Å². The Morgan fingerprint density at radius 1 is 1.12 bits per heavy atom. The maximum atomic E-state index is 13.2. The third kappa shape index (κ3) is 4.99. The molecule has 1 aliphatic rings. The van der Waals surface area contributed by atoms with E-state index in [-0.39, 0.29) is 17.7 Å². The Kier molecular flexibility index (Phi) is 7.28. The van der Waals surface area contributed by atoms with Crippen molar-refractivity contribution in [2.24, 2.45) is 5.41 Å². The molecule has 0 atom stereocenters. The Hall–Kier alpha value is -3.42. The molecule has 1 saturated heterocycles. The summed E-state index contributed by atoms with van der Waals surface area (Å²) in [6.45, 7) is 6.06. The highest BCUT2D eigenvalue weighted by Gasteiger charge is 2.33. The molecule has 0 unspecified atom stereocenters. The normalized spacial score (nSPS) is 15.1. The first-order valence-electron chi connectivity index (χ1n) is 13.5. The molecule has 0 bridgehead atoms. The van der Waals surface area contributed by atoms with E-state index in [0.29, 0.717) is 11.6 Å². The second kappa shape index (κ2) is 10.8. The van der Waals surface area contributed by atoms with Gasteiger partial charge in [-0.25, -0.2) is 4.79 Å². The van der Waals surface area contributed by atoms with Crippen molar-refractivity contribution in [3.8, 4) is 17.2 Å². The lowest BCUT2D eigenvalue weighted by Gasteiger charge is -2.32. The molecule has 0 amide bonds. The molecule has 1 N–H and O–H groups in total. The van der Waals surface area contributed by atoms with Crippen molar-refractivity contribution in [3.63, 3.8) is 0 Å². The molecule has 0 aliphatic carbocycles. The first-order chi connectivity index (χ1) is 19.7. The molecular formula is C30H28Cl2N6O2S. The average Bonchev–Trinajstić information content (AvgIpc) is 3.54. The molecule has 0 radical (unpaired) electrons. The fourth-order valence-electron chi connectivity index (χ4n) is 5.80. The predicted molar refractivity (Wildman–Crippen MR) is 165 cm³/mol. The minimum absolute atomic E-state index is 0.113. The number of halogens is 2. The van der Waals surface area contributed by atoms with E-state index >= 15 is 0 Å². The van der Waals surface area contributed by atoms with Gasteiger partial charge in [-0.2, -0.15) is 5.26 Å². The van der Waals surface area contributed by atoms with Gasteiger partial charge in [0.15, 0.2) is 0 Å². The molecule has 0 saturated carbocycles. The lowest BCUT2D eigenvalue weighted by atomic mass is 9.80. The molecule has 1 fully saturated rings. The highest BCUT2D eigenvalue weighted by Crippen LogP contribution is 2.40. The maximum Gasteiger partial charge on any atom is 0.332 e. The zero-order valence-electron chi connectivity index (χ0n) is 22.7. The van der Waals surface area contributed by atoms with Gasteiger partial charge in [0.1, 0.15) is 5.15 Å². The predicted octanol–water partition coefficient (Wildman–Crippen LogP) is 6.07. The van der Waals surface area contributed by atoms with E-state index in [4.69, 9.17) is 23.2 Å². The van der Waals surface area contributed by atoms with Crippen LogP contribution in [0.1, 0.15) is 37.6 Å². The Bertz CT molecular complexity index is 1960. The van der Waals surface area contributed by atoms with Crippen molar-refractivity contribution in [3.05, 3.63) is 84.7 Å². The molecule has 210 valence electrons. The van der Waals surface area contributed by atoms with Gasteiger partial charge < -0.3 is 9.88 Å². The van der Waals surface area contributed by atoms with Crippen molar-refractivity contribution >= 4 is 55.7 Å². The minimum Gasteiger partial charge on any atom is -0.345 e. The molecule has 1 aliphatic heterocycles. The van der Waals surface area contributed by atoms with Crippen LogP contribution in [0.15, 0.2) is 58.4 Å². The van der Waals surface area contributed by atoms with E-state index in [2.05, 4.69) is 20.9 Å². The lowest BCUT2D eigenvalue weighted by molar-refractivity contribution is 0.247. The summed E-state index contributed by atoms with van der Waals surface area (Å²) in [5, 5.41) is 15.2. The van der Waals surface area contributed by atoms with Crippen LogP contribution in [0.25, 0.3) is 32.2 Å². The largest absolute Gasteiger partial charge is 0.345 e. The number of nitriles is 1. The number of thiophene rings is 1. The van der Waals surface area contributed by atoms with E-state index in [1.807, 2.05) is 50.4 Å². The third-order valence-electron chi connectivity index (χ3n) is 7.86. The van der Waals surface area contributed by atoms with Crippen LogP contribution >= 0.6 is 34.5 Å². The van der Waals surface area contributed by atoms with Gasteiger partial charge in [0.25, 0.3) is 5.56 Å². The van der Waals surface area contributed by atoms with Crippen molar-refractivity contribution in [2.75, 3.05) is 13.1 Å². The molecule has 4 aromatic heterocycles. The van der Waals surface area contributed by atoms with Crippen molar-refractivity contribution in [1.82, 2.24) is 24.0 Å². The highest BCUT2D eigenvalue weighted by atomic mass is 35.5. The molecule has 5 aromatic rings. The standard InChI is InChI=1S/C30H28Cl2N6O2S/c1-18(2)38-25(32)14-26(39)37(29(38)40)15-21-13-24-28(41-21)22(3-7-35-24)23-12-20(31)11-19-4-10-36(27(19)23)17-30(16-33)5-8-34-9-6-30/h3-4,7,10-14,18,34H,5-6,8-9,15,17H2,1-2H3. The zero-order chi connectivity index (χ0) is 28.9. The summed E-state index contributed by atoms with van der Waals surface area (Å²) < 4.78 is 5.73. The second-order valence-corrected chi connectivity index (χ2v) is 12.9. The number of aromatic nitrogens is 4. The summed E-state index contributed by atoms with van der Waals surface area (Å²) in [5.74, 6) is 0. The summed E-state index contributed by atoms with van der Waals surface area (Å²) in [6, 6.07) is 13.5. The van der Waals surface area contributed by atoms with Crippen LogP contribution < -0.4 is 16.6 Å². The molecule has 1 aromatic carbocycles. The van der Waals surface area contributed by atoms with Gasteiger partial charge in [-0.15, -0.1) is 11.3 Å². The van der Waals surface area contributed by atoms with Gasteiger partial charge in [0, 0.05) is 57.5 Å². The summed E-state index contributed by atoms with van der Waals surface area (Å²) >= 11 is 14.3. The van der Waals surface area contributed by atoms with E-state index in [1.54, 1.807) is 6.20 Å². The second-order valence-electron chi connectivity index (χ2n) is 10.9. The summed E-state index contributed by atoms with van der Waals surface area (Å²) in [6.07, 6.45) is 5.39. The number of fused-ring (bicyclic) bond motifs is 2. The number of hydrogen-bond donors (Lipinski definition) is 1. The van der Waals surface area contributed by atoms with Crippen LogP contribution in [0.5, 0.6) is 0 Å². The van der Waals surface area contributed by atoms with Gasteiger partial charge in [-0.05, 0) is 70.1 Å². The quantitative estimate of drug-likeness (QED) is 0.237. The number of nitrogens with one attached hydrogen (secondary N) is 1. The summed E-state index contributed by atoms with van der Waals surface area (Å²) in [7, 11) is 0. The molecule has 8 nitrogen and oxygen atoms in total. The van der Waals surface area contributed by atoms with Gasteiger partial charge in [-0.1, -0.05) is 23.2 Å². The Labute approximate surface area is 250 Å². The minimum atomic E-state index is -0.443. The third-order valence-corrected chi connectivity index (χ3v) is 9.51. The fourth-order valence-corrected chi connectivity index (χ4v) is 7.52. The van der Waals surface area contributed by atoms with Gasteiger partial charge in [0.05, 0.1) is 33.8 Å². The topological polar surface area (TPSA) is 97.6 Å². The van der Waals surface area contributed by atoms with E-state index < -0.39 is 16.7 Å². The van der Waals surface area contributed by atoms with Crippen molar-refractivity contribution < 1.29 is 0 Å². The van der Waals surface area contributed by atoms with E-state index in [1.165, 1.54) is 26.5 Å². The van der Waals surface area contributed by atoms with Crippen LogP contribution in [-0.2, 0) is 13.1 Å². The lowest BCUT2D eigenvalue weighted by Crippen LogP contribution is -2.40. The van der Waals surface area contributed by atoms with Crippen LogP contribution in [-0.4, -0.2) is 31.8 Å². The number of benzene rings is 1. The Balaban J connectivity index is 1.47. The molecule has 11 heteroatoms. The number of nitrogens with zero attached hydrogens (tertiary/aromatic N) is 5. The molecule has 41 heavy (non-hydrogen) atoms. The van der Waals surface area contributed by atoms with E-state index in [9.17, 15) is 14.9 Å². The van der Waals surface area contributed by atoms with Crippen LogP contribution in [0.4, 0.5) is 0 Å². The molecule has 0 spiro atoms. The number of piperidine rings is 1. The molecular weight excluding hydrogens is 579 g/mol. The van der Waals surface area contributed by atoms with Crippen molar-refractivity contribution in [2.45, 2.75) is 45.8 Å². The average molecular weight is 608 g/mol. The van der Waals surface area contributed by atoms with Gasteiger partial charge in [-0.3, -0.25) is 18.9 Å². The highest BCUT2D eigenvalue weighted by molar-refractivity contribution is 7.19. The first-order valence-corrected chi connectivity index (χ1v) is 15.1. The zero-order valence-corrected chi connectivity index (χ0v) is 25.0. The van der Waals surface area contributed by atoms with Gasteiger partial charge in [0.2, 0.25) is 0 Å². The number of rotatable bonds is 6. The monoisotopic (exact) mass is 606 g/mol. The smallest absolute Gasteiger partial charge is 0.332 e. The first kappa shape index (κ1) is 27.7. The van der Waals surface area contributed by atoms with Crippen LogP contribution in [0.3, 0.4) is 0 Å². The van der Waals surface area contributed by atoms with Gasteiger partial charge >= 0.3 is 5.69 Å². The number of pyridine rings is 1. The maximum absolute atomic E-state index is 13.2. The Morgan fingerprint density at radius 2 is 1.90 bits per heavy atom. The van der Waals surface area contributed by atoms with E-state index in [0.717, 1.165) is 63.1 Å². The Morgan fingerprint density at radius 3 is 2.63 bits per heavy atom.